The van der Waals surface area contributed by atoms with E-state index in [2.05, 4.69) is 12.2 Å². The number of carbonyl (C=O) groups excluding carboxylic acids is 1. The van der Waals surface area contributed by atoms with Gasteiger partial charge in [0.2, 0.25) is 0 Å². The molecule has 0 aromatic heterocycles. The van der Waals surface area contributed by atoms with Crippen LogP contribution in [0.5, 0.6) is 0 Å². The first-order valence-corrected chi connectivity index (χ1v) is 6.94. The quantitative estimate of drug-likeness (QED) is 0.851. The predicted molar refractivity (Wildman–Crippen MR) is 73.7 cm³/mol. The fourth-order valence-corrected chi connectivity index (χ4v) is 2.70. The fraction of sp³-hybridized carbons (Fsp3) is 0.533. The van der Waals surface area contributed by atoms with Gasteiger partial charge in [0.15, 0.2) is 6.54 Å². The molecule has 1 saturated heterocycles. The Labute approximate surface area is 113 Å². The Bertz CT molecular complexity index is 461. The summed E-state index contributed by atoms with van der Waals surface area (Å²) in [6.07, 6.45) is 2.42. The van der Waals surface area contributed by atoms with Crippen molar-refractivity contribution in [2.75, 3.05) is 25.0 Å². The number of rotatable bonds is 3. The molecule has 1 aliphatic heterocycles. The van der Waals surface area contributed by atoms with Gasteiger partial charge < -0.3 is 10.2 Å². The number of quaternary nitrogens is 1. The van der Waals surface area contributed by atoms with E-state index >= 15 is 0 Å². The third-order valence-corrected chi connectivity index (χ3v) is 3.67. The number of benzene rings is 1. The standard InChI is InChI=1S/C15H21FN2O/c1-11-5-6-14(13(16)8-11)17-15(19)10-18-7-3-4-12(2)9-18/h5-6,8,12H,3-4,7,9-10H2,1-2H3,(H,17,19)/p+1/t12-/m0/s1. The van der Waals surface area contributed by atoms with Gasteiger partial charge in [-0.25, -0.2) is 4.39 Å². The molecule has 2 atom stereocenters. The maximum Gasteiger partial charge on any atom is 0.279 e. The van der Waals surface area contributed by atoms with Crippen LogP contribution in [0.25, 0.3) is 0 Å². The van der Waals surface area contributed by atoms with Gasteiger partial charge in [0, 0.05) is 5.92 Å². The third-order valence-electron chi connectivity index (χ3n) is 3.67. The zero-order chi connectivity index (χ0) is 13.8. The van der Waals surface area contributed by atoms with Gasteiger partial charge in [-0.15, -0.1) is 0 Å². The molecular weight excluding hydrogens is 243 g/mol. The van der Waals surface area contributed by atoms with Crippen LogP contribution < -0.4 is 10.2 Å². The molecule has 1 unspecified atom stereocenters. The lowest BCUT2D eigenvalue weighted by atomic mass is 10.0. The second-order valence-corrected chi connectivity index (χ2v) is 5.66. The number of anilines is 1. The summed E-state index contributed by atoms with van der Waals surface area (Å²) in [6.45, 7) is 6.54. The van der Waals surface area contributed by atoms with Gasteiger partial charge >= 0.3 is 0 Å². The highest BCUT2D eigenvalue weighted by molar-refractivity contribution is 5.91. The number of piperidine rings is 1. The number of aryl methyl sites for hydroxylation is 1. The van der Waals surface area contributed by atoms with Crippen molar-refractivity contribution in [3.63, 3.8) is 0 Å². The average molecular weight is 265 g/mol. The monoisotopic (exact) mass is 265 g/mol. The van der Waals surface area contributed by atoms with Crippen LogP contribution in [-0.2, 0) is 4.79 Å². The number of likely N-dealkylation sites (tertiary alicyclic amines) is 1. The largest absolute Gasteiger partial charge is 0.327 e. The van der Waals surface area contributed by atoms with Gasteiger partial charge in [-0.2, -0.15) is 0 Å². The van der Waals surface area contributed by atoms with Crippen LogP contribution in [0.15, 0.2) is 18.2 Å². The smallest absolute Gasteiger partial charge is 0.279 e. The molecule has 2 rings (SSSR count). The van der Waals surface area contributed by atoms with Gasteiger partial charge in [-0.05, 0) is 37.5 Å². The number of halogens is 1. The fourth-order valence-electron chi connectivity index (χ4n) is 2.70. The van der Waals surface area contributed by atoms with Crippen molar-refractivity contribution in [2.45, 2.75) is 26.7 Å². The molecule has 0 bridgehead atoms. The van der Waals surface area contributed by atoms with Crippen LogP contribution in [0.2, 0.25) is 0 Å². The van der Waals surface area contributed by atoms with Gasteiger partial charge in [-0.3, -0.25) is 4.79 Å². The Kier molecular flexibility index (Phi) is 4.53. The van der Waals surface area contributed by atoms with Gasteiger partial charge in [-0.1, -0.05) is 13.0 Å². The highest BCUT2D eigenvalue weighted by Crippen LogP contribution is 2.14. The van der Waals surface area contributed by atoms with Crippen molar-refractivity contribution in [2.24, 2.45) is 5.92 Å². The second-order valence-electron chi connectivity index (χ2n) is 5.66. The number of amides is 1. The summed E-state index contributed by atoms with van der Waals surface area (Å²) in [4.78, 5) is 13.2. The minimum Gasteiger partial charge on any atom is -0.327 e. The summed E-state index contributed by atoms with van der Waals surface area (Å²) in [6, 6.07) is 4.86. The lowest BCUT2D eigenvalue weighted by Gasteiger charge is -2.27. The van der Waals surface area contributed by atoms with Crippen LogP contribution in [0.1, 0.15) is 25.3 Å². The number of nitrogens with one attached hydrogen (secondary N) is 2. The molecule has 1 fully saturated rings. The Morgan fingerprint density at radius 3 is 3.00 bits per heavy atom. The molecule has 1 aromatic rings. The lowest BCUT2D eigenvalue weighted by molar-refractivity contribution is -0.900. The van der Waals surface area contributed by atoms with E-state index in [-0.39, 0.29) is 17.4 Å². The SMILES string of the molecule is Cc1ccc(NC(=O)C[NH+]2CCC[C@H](C)C2)c(F)c1. The lowest BCUT2D eigenvalue weighted by Crippen LogP contribution is -3.14. The third kappa shape index (κ3) is 4.03. The van der Waals surface area contributed by atoms with E-state index in [9.17, 15) is 9.18 Å². The van der Waals surface area contributed by atoms with Crippen LogP contribution >= 0.6 is 0 Å². The summed E-state index contributed by atoms with van der Waals surface area (Å²) in [7, 11) is 0. The van der Waals surface area contributed by atoms with Gasteiger partial charge in [0.25, 0.3) is 5.91 Å². The molecule has 1 aromatic carbocycles. The average Bonchev–Trinajstić information content (AvgIpc) is 2.33. The first-order chi connectivity index (χ1) is 9.04. The highest BCUT2D eigenvalue weighted by Gasteiger charge is 2.22. The summed E-state index contributed by atoms with van der Waals surface area (Å²) >= 11 is 0. The second kappa shape index (κ2) is 6.15. The van der Waals surface area contributed by atoms with Crippen molar-refractivity contribution in [3.8, 4) is 0 Å². The molecule has 1 aliphatic rings. The highest BCUT2D eigenvalue weighted by atomic mass is 19.1. The summed E-state index contributed by atoms with van der Waals surface area (Å²) in [5.74, 6) is 0.204. The summed E-state index contributed by atoms with van der Waals surface area (Å²) in [5, 5.41) is 2.66. The molecule has 2 N–H and O–H groups in total. The minimum atomic E-state index is -0.365. The van der Waals surface area contributed by atoms with Gasteiger partial charge in [0.1, 0.15) is 5.82 Å². The van der Waals surface area contributed by atoms with Crippen LogP contribution in [0.3, 0.4) is 0 Å². The number of carbonyl (C=O) groups is 1. The Morgan fingerprint density at radius 2 is 2.32 bits per heavy atom. The first kappa shape index (κ1) is 14.0. The van der Waals surface area contributed by atoms with Crippen LogP contribution in [-0.4, -0.2) is 25.5 Å². The van der Waals surface area contributed by atoms with E-state index in [0.717, 1.165) is 18.7 Å². The molecule has 3 nitrogen and oxygen atoms in total. The topological polar surface area (TPSA) is 33.5 Å². The van der Waals surface area contributed by atoms with E-state index in [0.29, 0.717) is 12.5 Å². The molecule has 0 radical (unpaired) electrons. The molecule has 104 valence electrons. The van der Waals surface area contributed by atoms with E-state index in [4.69, 9.17) is 0 Å². The molecule has 4 heteroatoms. The zero-order valence-electron chi connectivity index (χ0n) is 11.6. The molecule has 1 amide bonds. The summed E-state index contributed by atoms with van der Waals surface area (Å²) in [5.41, 5.74) is 1.13. The number of hydrogen-bond acceptors (Lipinski definition) is 1. The van der Waals surface area contributed by atoms with E-state index < -0.39 is 0 Å². The van der Waals surface area contributed by atoms with Crippen molar-refractivity contribution in [1.82, 2.24) is 0 Å². The van der Waals surface area contributed by atoms with E-state index in [1.165, 1.54) is 23.8 Å². The minimum absolute atomic E-state index is 0.105. The molecule has 0 saturated carbocycles. The molecule has 0 aliphatic carbocycles. The summed E-state index contributed by atoms with van der Waals surface area (Å²) < 4.78 is 13.6. The molecule has 1 heterocycles. The Morgan fingerprint density at radius 1 is 1.53 bits per heavy atom. The van der Waals surface area contributed by atoms with Crippen molar-refractivity contribution in [1.29, 1.82) is 0 Å². The van der Waals surface area contributed by atoms with Crippen LogP contribution in [0, 0.1) is 18.7 Å². The molecular formula is C15H22FN2O+. The maximum atomic E-state index is 13.6. The van der Waals surface area contributed by atoms with Crippen molar-refractivity contribution < 1.29 is 14.1 Å². The predicted octanol–water partition coefficient (Wildman–Crippen LogP) is 1.39. The van der Waals surface area contributed by atoms with Crippen molar-refractivity contribution >= 4 is 11.6 Å². The van der Waals surface area contributed by atoms with Gasteiger partial charge in [0.05, 0.1) is 18.8 Å². The molecule has 19 heavy (non-hydrogen) atoms. The zero-order valence-corrected chi connectivity index (χ0v) is 11.6. The normalized spacial score (nSPS) is 23.1. The van der Waals surface area contributed by atoms with Crippen molar-refractivity contribution in [3.05, 3.63) is 29.6 Å². The Balaban J connectivity index is 1.90. The molecule has 0 spiro atoms. The van der Waals surface area contributed by atoms with E-state index in [1.807, 2.05) is 6.92 Å². The van der Waals surface area contributed by atoms with Crippen LogP contribution in [0.4, 0.5) is 10.1 Å². The first-order valence-electron chi connectivity index (χ1n) is 6.94. The maximum absolute atomic E-state index is 13.6. The Hall–Kier alpha value is -1.42. The number of hydrogen-bond donors (Lipinski definition) is 2. The van der Waals surface area contributed by atoms with E-state index in [1.54, 1.807) is 12.1 Å².